The van der Waals surface area contributed by atoms with Gasteiger partial charge in [-0.2, -0.15) is 4.98 Å². The van der Waals surface area contributed by atoms with Crippen LogP contribution in [0.2, 0.25) is 0 Å². The van der Waals surface area contributed by atoms with Gasteiger partial charge in [0.05, 0.1) is 16.6 Å². The summed E-state index contributed by atoms with van der Waals surface area (Å²) in [5, 5.41) is 7.28. The van der Waals surface area contributed by atoms with Crippen molar-refractivity contribution in [3.05, 3.63) is 46.5 Å². The third-order valence-electron chi connectivity index (χ3n) is 3.72. The molecule has 0 N–H and O–H groups in total. The number of thiazole rings is 1. The quantitative estimate of drug-likeness (QED) is 0.737. The first-order valence-electron chi connectivity index (χ1n) is 7.15. The Kier molecular flexibility index (Phi) is 3.44. The van der Waals surface area contributed by atoms with Crippen molar-refractivity contribution >= 4 is 11.3 Å². The zero-order valence-corrected chi connectivity index (χ0v) is 13.0. The Bertz CT molecular complexity index is 763. The second-order valence-electron chi connectivity index (χ2n) is 5.45. The van der Waals surface area contributed by atoms with E-state index in [4.69, 9.17) is 4.52 Å². The molecule has 0 spiro atoms. The first kappa shape index (κ1) is 13.5. The highest BCUT2D eigenvalue weighted by molar-refractivity contribution is 7.09. The molecule has 3 aromatic heterocycles. The van der Waals surface area contributed by atoms with Crippen molar-refractivity contribution < 1.29 is 4.52 Å². The Morgan fingerprint density at radius 1 is 1.36 bits per heavy atom. The van der Waals surface area contributed by atoms with Crippen LogP contribution in [0.15, 0.2) is 34.4 Å². The van der Waals surface area contributed by atoms with E-state index in [1.807, 2.05) is 19.1 Å². The molecular formula is C15H15N5OS. The molecule has 0 amide bonds. The molecule has 22 heavy (non-hydrogen) atoms. The van der Waals surface area contributed by atoms with Crippen LogP contribution < -0.4 is 0 Å². The van der Waals surface area contributed by atoms with Gasteiger partial charge in [-0.05, 0) is 19.1 Å². The summed E-state index contributed by atoms with van der Waals surface area (Å²) in [6.07, 6.45) is 3.47. The average molecular weight is 313 g/mol. The molecule has 0 bridgehead atoms. The van der Waals surface area contributed by atoms with Crippen molar-refractivity contribution in [2.45, 2.75) is 19.4 Å². The second-order valence-corrected chi connectivity index (χ2v) is 6.51. The lowest BCUT2D eigenvalue weighted by Crippen LogP contribution is -2.44. The molecule has 0 aromatic carbocycles. The lowest BCUT2D eigenvalue weighted by atomic mass is 10.00. The van der Waals surface area contributed by atoms with Gasteiger partial charge in [0.1, 0.15) is 0 Å². The Labute approximate surface area is 131 Å². The third-order valence-corrected chi connectivity index (χ3v) is 4.54. The summed E-state index contributed by atoms with van der Waals surface area (Å²) >= 11 is 1.69. The van der Waals surface area contributed by atoms with Crippen molar-refractivity contribution in [1.82, 2.24) is 25.0 Å². The third kappa shape index (κ3) is 2.65. The average Bonchev–Trinajstić information content (AvgIpc) is 3.12. The minimum absolute atomic E-state index is 0.317. The van der Waals surface area contributed by atoms with Crippen LogP contribution in [0, 0.1) is 6.92 Å². The summed E-state index contributed by atoms with van der Waals surface area (Å²) in [7, 11) is 0. The first-order chi connectivity index (χ1) is 10.8. The van der Waals surface area contributed by atoms with E-state index in [-0.39, 0.29) is 0 Å². The summed E-state index contributed by atoms with van der Waals surface area (Å²) < 4.78 is 5.40. The Morgan fingerprint density at radius 3 is 3.00 bits per heavy atom. The highest BCUT2D eigenvalue weighted by Gasteiger charge is 2.32. The van der Waals surface area contributed by atoms with Crippen LogP contribution in [0.4, 0.5) is 0 Å². The smallest absolute Gasteiger partial charge is 0.232 e. The van der Waals surface area contributed by atoms with E-state index < -0.39 is 0 Å². The fourth-order valence-corrected chi connectivity index (χ4v) is 3.18. The molecule has 1 aliphatic rings. The molecule has 112 valence electrons. The van der Waals surface area contributed by atoms with Crippen LogP contribution >= 0.6 is 11.3 Å². The van der Waals surface area contributed by atoms with Crippen LogP contribution in [-0.2, 0) is 6.54 Å². The normalized spacial score (nSPS) is 15.9. The van der Waals surface area contributed by atoms with Crippen LogP contribution in [0.1, 0.15) is 22.5 Å². The van der Waals surface area contributed by atoms with Crippen LogP contribution in [0.5, 0.6) is 0 Å². The number of pyridine rings is 1. The number of aromatic nitrogens is 4. The molecule has 0 saturated carbocycles. The van der Waals surface area contributed by atoms with Gasteiger partial charge in [0.2, 0.25) is 11.7 Å². The number of rotatable bonds is 4. The maximum atomic E-state index is 5.40. The largest absolute Gasteiger partial charge is 0.339 e. The van der Waals surface area contributed by atoms with Gasteiger partial charge < -0.3 is 4.52 Å². The number of aryl methyl sites for hydroxylation is 1. The van der Waals surface area contributed by atoms with Crippen molar-refractivity contribution in [3.63, 3.8) is 0 Å². The van der Waals surface area contributed by atoms with Gasteiger partial charge >= 0.3 is 0 Å². The number of hydrogen-bond donors (Lipinski definition) is 0. The van der Waals surface area contributed by atoms with Crippen molar-refractivity contribution in [2.75, 3.05) is 13.1 Å². The van der Waals surface area contributed by atoms with E-state index in [9.17, 15) is 0 Å². The molecule has 3 aromatic rings. The zero-order valence-electron chi connectivity index (χ0n) is 12.1. The highest BCUT2D eigenvalue weighted by atomic mass is 32.1. The zero-order chi connectivity index (χ0) is 14.9. The highest BCUT2D eigenvalue weighted by Crippen LogP contribution is 2.28. The van der Waals surface area contributed by atoms with E-state index in [0.717, 1.165) is 35.9 Å². The van der Waals surface area contributed by atoms with E-state index in [0.29, 0.717) is 17.6 Å². The predicted molar refractivity (Wildman–Crippen MR) is 82.4 cm³/mol. The predicted octanol–water partition coefficient (Wildman–Crippen LogP) is 2.50. The summed E-state index contributed by atoms with van der Waals surface area (Å²) in [4.78, 5) is 15.4. The maximum absolute atomic E-state index is 5.40. The maximum Gasteiger partial charge on any atom is 0.232 e. The fourth-order valence-electron chi connectivity index (χ4n) is 2.58. The Morgan fingerprint density at radius 2 is 2.27 bits per heavy atom. The second kappa shape index (κ2) is 5.58. The Hall–Kier alpha value is -2.12. The number of nitrogens with zero attached hydrogens (tertiary/aromatic N) is 5. The van der Waals surface area contributed by atoms with E-state index >= 15 is 0 Å². The standard InChI is InChI=1S/C15H15N5OS/c1-10-17-13(9-22-10)8-20-6-12(7-20)15-18-14(19-21-15)11-3-2-4-16-5-11/h2-5,9,12H,6-8H2,1H3. The van der Waals surface area contributed by atoms with Crippen LogP contribution in [-0.4, -0.2) is 38.1 Å². The monoisotopic (exact) mass is 313 g/mol. The van der Waals surface area contributed by atoms with Gasteiger partial charge in [-0.15, -0.1) is 11.3 Å². The molecule has 4 rings (SSSR count). The molecule has 0 aliphatic carbocycles. The molecule has 0 unspecified atom stereocenters. The molecule has 1 aliphatic heterocycles. The molecule has 0 atom stereocenters. The summed E-state index contributed by atoms with van der Waals surface area (Å²) in [6.45, 7) is 4.80. The van der Waals surface area contributed by atoms with E-state index in [1.54, 1.807) is 23.7 Å². The topological polar surface area (TPSA) is 67.9 Å². The van der Waals surface area contributed by atoms with E-state index in [2.05, 4.69) is 30.4 Å². The molecule has 1 fully saturated rings. The lowest BCUT2D eigenvalue weighted by molar-refractivity contribution is 0.116. The van der Waals surface area contributed by atoms with Gasteiger partial charge in [-0.1, -0.05) is 5.16 Å². The van der Waals surface area contributed by atoms with Crippen LogP contribution in [0.3, 0.4) is 0 Å². The van der Waals surface area contributed by atoms with E-state index in [1.165, 1.54) is 0 Å². The molecule has 1 saturated heterocycles. The molecule has 0 radical (unpaired) electrons. The number of likely N-dealkylation sites (tertiary alicyclic amines) is 1. The van der Waals surface area contributed by atoms with Gasteiger partial charge in [0, 0.05) is 43.0 Å². The van der Waals surface area contributed by atoms with Crippen molar-refractivity contribution in [3.8, 4) is 11.4 Å². The SMILES string of the molecule is Cc1nc(CN2CC(c3nc(-c4cccnc4)no3)C2)cs1. The Balaban J connectivity index is 1.38. The first-order valence-corrected chi connectivity index (χ1v) is 8.03. The minimum Gasteiger partial charge on any atom is -0.339 e. The molecule has 7 heteroatoms. The summed E-state index contributed by atoms with van der Waals surface area (Å²) in [6, 6.07) is 3.80. The summed E-state index contributed by atoms with van der Waals surface area (Å²) in [5.74, 6) is 1.64. The van der Waals surface area contributed by atoms with Gasteiger partial charge in [-0.3, -0.25) is 9.88 Å². The summed E-state index contributed by atoms with van der Waals surface area (Å²) in [5.41, 5.74) is 2.02. The van der Waals surface area contributed by atoms with Crippen LogP contribution in [0.25, 0.3) is 11.4 Å². The van der Waals surface area contributed by atoms with Crippen molar-refractivity contribution in [1.29, 1.82) is 0 Å². The minimum atomic E-state index is 0.317. The number of hydrogen-bond acceptors (Lipinski definition) is 7. The van der Waals surface area contributed by atoms with Crippen molar-refractivity contribution in [2.24, 2.45) is 0 Å². The van der Waals surface area contributed by atoms with Gasteiger partial charge in [0.25, 0.3) is 0 Å². The fraction of sp³-hybridized carbons (Fsp3) is 0.333. The van der Waals surface area contributed by atoms with Gasteiger partial charge in [0.15, 0.2) is 0 Å². The van der Waals surface area contributed by atoms with Gasteiger partial charge in [-0.25, -0.2) is 4.98 Å². The lowest BCUT2D eigenvalue weighted by Gasteiger charge is -2.36. The molecule has 6 nitrogen and oxygen atoms in total. The molecular weight excluding hydrogens is 298 g/mol. The molecule has 4 heterocycles.